The second-order valence-corrected chi connectivity index (χ2v) is 7.02. The number of carbonyl (C=O) groups excluding carboxylic acids is 1. The first-order valence-corrected chi connectivity index (χ1v) is 9.44. The minimum absolute atomic E-state index is 0.0806. The van der Waals surface area contributed by atoms with Gasteiger partial charge in [0.15, 0.2) is 5.76 Å². The highest BCUT2D eigenvalue weighted by molar-refractivity contribution is 6.07. The molecule has 0 N–H and O–H groups in total. The van der Waals surface area contributed by atoms with Crippen molar-refractivity contribution in [1.29, 1.82) is 0 Å². The summed E-state index contributed by atoms with van der Waals surface area (Å²) in [5.74, 6) is 1.82. The third-order valence-corrected chi connectivity index (χ3v) is 5.32. The van der Waals surface area contributed by atoms with Crippen molar-refractivity contribution in [2.45, 2.75) is 18.8 Å². The van der Waals surface area contributed by atoms with Crippen molar-refractivity contribution in [2.24, 2.45) is 0 Å². The van der Waals surface area contributed by atoms with E-state index in [1.165, 1.54) is 0 Å². The lowest BCUT2D eigenvalue weighted by Crippen LogP contribution is -2.38. The third kappa shape index (κ3) is 2.97. The quantitative estimate of drug-likeness (QED) is 0.529. The van der Waals surface area contributed by atoms with Gasteiger partial charge >= 0.3 is 0 Å². The fourth-order valence-corrected chi connectivity index (χ4v) is 3.81. The molecule has 0 aliphatic carbocycles. The number of likely N-dealkylation sites (tertiary alicyclic amines) is 1. The smallest absolute Gasteiger partial charge is 0.283 e. The average molecular weight is 373 g/mol. The summed E-state index contributed by atoms with van der Waals surface area (Å²) in [4.78, 5) is 15.0. The molecule has 2 aromatic carbocycles. The minimum atomic E-state index is 0.0806. The minimum Gasteiger partial charge on any atom is -0.459 e. The summed E-state index contributed by atoms with van der Waals surface area (Å²) in [7, 11) is 0. The summed E-state index contributed by atoms with van der Waals surface area (Å²) in [5, 5.41) is 10.3. The van der Waals surface area contributed by atoms with Gasteiger partial charge in [-0.25, -0.2) is 0 Å². The maximum atomic E-state index is 13.1. The summed E-state index contributed by atoms with van der Waals surface area (Å²) in [6, 6.07) is 17.5. The van der Waals surface area contributed by atoms with Crippen LogP contribution in [0.5, 0.6) is 0 Å². The van der Waals surface area contributed by atoms with Crippen molar-refractivity contribution in [3.63, 3.8) is 0 Å². The van der Waals surface area contributed by atoms with Gasteiger partial charge in [-0.2, -0.15) is 0 Å². The molecule has 140 valence electrons. The standard InChI is InChI=1S/C22H19N3O3/c26-22(18-8-3-6-15-5-1-2-7-17(15)18)25-12-10-16(11-13-25)20-23-24-21(28-20)19-9-4-14-27-19/h1-9,14,16H,10-13H2. The van der Waals surface area contributed by atoms with Crippen LogP contribution in [-0.4, -0.2) is 34.1 Å². The van der Waals surface area contributed by atoms with Crippen LogP contribution < -0.4 is 0 Å². The Morgan fingerprint density at radius 3 is 2.61 bits per heavy atom. The van der Waals surface area contributed by atoms with Crippen LogP contribution in [-0.2, 0) is 0 Å². The van der Waals surface area contributed by atoms with Crippen molar-refractivity contribution >= 4 is 16.7 Å². The molecule has 0 unspecified atom stereocenters. The Labute approximate surface area is 161 Å². The number of rotatable bonds is 3. The fourth-order valence-electron chi connectivity index (χ4n) is 3.81. The normalized spacial score (nSPS) is 15.2. The van der Waals surface area contributed by atoms with Gasteiger partial charge in [0, 0.05) is 24.6 Å². The summed E-state index contributed by atoms with van der Waals surface area (Å²) in [6.07, 6.45) is 3.18. The van der Waals surface area contributed by atoms with E-state index in [-0.39, 0.29) is 11.8 Å². The fraction of sp³-hybridized carbons (Fsp3) is 0.227. The molecule has 0 spiro atoms. The Kier molecular flexibility index (Phi) is 4.16. The van der Waals surface area contributed by atoms with Crippen LogP contribution in [0.1, 0.15) is 35.0 Å². The zero-order valence-electron chi connectivity index (χ0n) is 15.2. The topological polar surface area (TPSA) is 72.4 Å². The van der Waals surface area contributed by atoms with E-state index < -0.39 is 0 Å². The number of piperidine rings is 1. The van der Waals surface area contributed by atoms with Crippen LogP contribution in [0.3, 0.4) is 0 Å². The molecule has 1 amide bonds. The van der Waals surface area contributed by atoms with E-state index in [2.05, 4.69) is 10.2 Å². The number of nitrogens with zero attached hydrogens (tertiary/aromatic N) is 3. The van der Waals surface area contributed by atoms with Gasteiger partial charge in [-0.15, -0.1) is 10.2 Å². The van der Waals surface area contributed by atoms with Gasteiger partial charge in [-0.1, -0.05) is 36.4 Å². The van der Waals surface area contributed by atoms with Crippen molar-refractivity contribution in [3.05, 3.63) is 72.3 Å². The van der Waals surface area contributed by atoms with Gasteiger partial charge in [0.25, 0.3) is 11.8 Å². The highest BCUT2D eigenvalue weighted by Gasteiger charge is 2.28. The van der Waals surface area contributed by atoms with Crippen LogP contribution in [0.25, 0.3) is 22.4 Å². The number of amides is 1. The average Bonchev–Trinajstić information content (AvgIpc) is 3.45. The summed E-state index contributed by atoms with van der Waals surface area (Å²) in [6.45, 7) is 1.34. The Morgan fingerprint density at radius 1 is 0.964 bits per heavy atom. The summed E-state index contributed by atoms with van der Waals surface area (Å²) < 4.78 is 11.1. The first-order valence-electron chi connectivity index (χ1n) is 9.44. The molecule has 0 radical (unpaired) electrons. The van der Waals surface area contributed by atoms with Crippen molar-refractivity contribution in [2.75, 3.05) is 13.1 Å². The van der Waals surface area contributed by atoms with Crippen molar-refractivity contribution in [1.82, 2.24) is 15.1 Å². The molecule has 4 aromatic rings. The lowest BCUT2D eigenvalue weighted by Gasteiger charge is -2.30. The molecular weight excluding hydrogens is 354 g/mol. The predicted molar refractivity (Wildman–Crippen MR) is 104 cm³/mol. The second kappa shape index (κ2) is 6.96. The molecular formula is C22H19N3O3. The zero-order chi connectivity index (χ0) is 18.9. The first kappa shape index (κ1) is 16.7. The molecule has 1 aliphatic heterocycles. The first-order chi connectivity index (χ1) is 13.8. The number of carbonyl (C=O) groups is 1. The molecule has 2 aromatic heterocycles. The number of furan rings is 1. The van der Waals surface area contributed by atoms with Gasteiger partial charge < -0.3 is 13.7 Å². The Balaban J connectivity index is 1.30. The van der Waals surface area contributed by atoms with Gasteiger partial charge in [0.2, 0.25) is 5.89 Å². The number of hydrogen-bond donors (Lipinski definition) is 0. The van der Waals surface area contributed by atoms with E-state index in [0.717, 1.165) is 29.2 Å². The van der Waals surface area contributed by atoms with Gasteiger partial charge in [0.05, 0.1) is 6.26 Å². The number of hydrogen-bond acceptors (Lipinski definition) is 5. The van der Waals surface area contributed by atoms with Gasteiger partial charge in [-0.3, -0.25) is 4.79 Å². The molecule has 3 heterocycles. The van der Waals surface area contributed by atoms with E-state index in [9.17, 15) is 4.79 Å². The Bertz CT molecular complexity index is 1100. The molecule has 6 nitrogen and oxygen atoms in total. The highest BCUT2D eigenvalue weighted by Crippen LogP contribution is 2.30. The molecule has 1 aliphatic rings. The molecule has 0 atom stereocenters. The third-order valence-electron chi connectivity index (χ3n) is 5.32. The van der Waals surface area contributed by atoms with Crippen molar-refractivity contribution < 1.29 is 13.6 Å². The van der Waals surface area contributed by atoms with E-state index in [4.69, 9.17) is 8.83 Å². The Hall–Kier alpha value is -3.41. The van der Waals surface area contributed by atoms with E-state index in [1.807, 2.05) is 47.4 Å². The lowest BCUT2D eigenvalue weighted by molar-refractivity contribution is 0.0708. The molecule has 0 saturated carbocycles. The van der Waals surface area contributed by atoms with Crippen molar-refractivity contribution in [3.8, 4) is 11.7 Å². The van der Waals surface area contributed by atoms with E-state index in [1.54, 1.807) is 18.4 Å². The SMILES string of the molecule is O=C(c1cccc2ccccc12)N1CCC(c2nnc(-c3ccco3)o2)CC1. The summed E-state index contributed by atoms with van der Waals surface area (Å²) >= 11 is 0. The maximum Gasteiger partial charge on any atom is 0.283 e. The van der Waals surface area contributed by atoms with Crippen LogP contribution in [0.2, 0.25) is 0 Å². The number of aromatic nitrogens is 2. The summed E-state index contributed by atoms with van der Waals surface area (Å²) in [5.41, 5.74) is 0.759. The van der Waals surface area contributed by atoms with E-state index >= 15 is 0 Å². The molecule has 1 saturated heterocycles. The molecule has 6 heteroatoms. The highest BCUT2D eigenvalue weighted by atomic mass is 16.4. The predicted octanol–water partition coefficient (Wildman–Crippen LogP) is 4.50. The molecule has 28 heavy (non-hydrogen) atoms. The van der Waals surface area contributed by atoms with Crippen LogP contribution in [0, 0.1) is 0 Å². The molecule has 5 rings (SSSR count). The van der Waals surface area contributed by atoms with Crippen LogP contribution in [0.4, 0.5) is 0 Å². The Morgan fingerprint density at radius 2 is 1.79 bits per heavy atom. The van der Waals surface area contributed by atoms with Gasteiger partial charge in [-0.05, 0) is 41.8 Å². The van der Waals surface area contributed by atoms with Crippen LogP contribution in [0.15, 0.2) is 69.7 Å². The zero-order valence-corrected chi connectivity index (χ0v) is 15.2. The van der Waals surface area contributed by atoms with Crippen LogP contribution >= 0.6 is 0 Å². The number of benzene rings is 2. The second-order valence-electron chi connectivity index (χ2n) is 7.02. The number of fused-ring (bicyclic) bond motifs is 1. The monoisotopic (exact) mass is 373 g/mol. The van der Waals surface area contributed by atoms with Gasteiger partial charge in [0.1, 0.15) is 0 Å². The molecule has 1 fully saturated rings. The molecule has 0 bridgehead atoms. The maximum absolute atomic E-state index is 13.1. The lowest BCUT2D eigenvalue weighted by atomic mass is 9.95. The van der Waals surface area contributed by atoms with E-state index in [0.29, 0.717) is 30.6 Å². The largest absolute Gasteiger partial charge is 0.459 e.